The third-order valence-electron chi connectivity index (χ3n) is 2.60. The Morgan fingerprint density at radius 2 is 1.70 bits per heavy atom. The smallest absolute Gasteiger partial charge is 0.355 e. The van der Waals surface area contributed by atoms with Crippen LogP contribution in [0.1, 0.15) is 29.2 Å². The summed E-state index contributed by atoms with van der Waals surface area (Å²) in [6, 6.07) is 0. The van der Waals surface area contributed by atoms with Crippen LogP contribution in [0.15, 0.2) is 6.20 Å². The average molecular weight is 345 g/mol. The fraction of sp³-hybridized carbons (Fsp3) is 0.583. The predicted octanol–water partition coefficient (Wildman–Crippen LogP) is 2.17. The van der Waals surface area contributed by atoms with Gasteiger partial charge in [0.2, 0.25) is 11.7 Å². The standard InChI is InChI=1S/C12H13F6N3O2/c1-21-6-7(2-3-19-9(23)5-12(16,17)18)20-10(21)8(22)4-11(13,14)15/h6H,2-5H2,1H3,(H,19,23). The van der Waals surface area contributed by atoms with E-state index in [0.29, 0.717) is 0 Å². The van der Waals surface area contributed by atoms with Gasteiger partial charge < -0.3 is 9.88 Å². The van der Waals surface area contributed by atoms with Crippen molar-refractivity contribution in [3.63, 3.8) is 0 Å². The number of aromatic nitrogens is 2. The van der Waals surface area contributed by atoms with Crippen molar-refractivity contribution in [3.8, 4) is 0 Å². The maximum Gasteiger partial charge on any atom is 0.397 e. The number of carbonyl (C=O) groups excluding carboxylic acids is 2. The van der Waals surface area contributed by atoms with Gasteiger partial charge in [0.05, 0.1) is 5.69 Å². The van der Waals surface area contributed by atoms with Crippen molar-refractivity contribution in [1.82, 2.24) is 14.9 Å². The minimum Gasteiger partial charge on any atom is -0.355 e. The molecule has 1 rings (SSSR count). The first kappa shape index (κ1) is 19.0. The van der Waals surface area contributed by atoms with Crippen LogP contribution in [0.2, 0.25) is 0 Å². The third-order valence-corrected chi connectivity index (χ3v) is 2.60. The Morgan fingerprint density at radius 1 is 1.13 bits per heavy atom. The maximum absolute atomic E-state index is 12.2. The molecule has 0 fully saturated rings. The Hall–Kier alpha value is -2.07. The lowest BCUT2D eigenvalue weighted by Gasteiger charge is -2.06. The summed E-state index contributed by atoms with van der Waals surface area (Å²) in [4.78, 5) is 26.1. The lowest BCUT2D eigenvalue weighted by atomic mass is 10.2. The van der Waals surface area contributed by atoms with E-state index in [-0.39, 0.29) is 18.7 Å². The zero-order chi connectivity index (χ0) is 17.8. The highest BCUT2D eigenvalue weighted by atomic mass is 19.4. The molecule has 1 aromatic rings. The Bertz CT molecular complexity index is 576. The molecule has 0 saturated carbocycles. The van der Waals surface area contributed by atoms with Gasteiger partial charge in [-0.1, -0.05) is 0 Å². The van der Waals surface area contributed by atoms with Crippen molar-refractivity contribution in [2.24, 2.45) is 7.05 Å². The molecule has 0 aliphatic heterocycles. The van der Waals surface area contributed by atoms with E-state index < -0.39 is 42.7 Å². The molecule has 0 aromatic carbocycles. The summed E-state index contributed by atoms with van der Waals surface area (Å²) in [6.07, 6.45) is -11.3. The molecule has 0 aliphatic rings. The molecule has 11 heteroatoms. The number of nitrogens with zero attached hydrogens (tertiary/aromatic N) is 2. The number of Topliss-reactive ketones (excluding diaryl/α,β-unsaturated/α-hetero) is 1. The number of amides is 1. The van der Waals surface area contributed by atoms with Crippen molar-refractivity contribution in [1.29, 1.82) is 0 Å². The summed E-state index contributed by atoms with van der Waals surface area (Å²) in [5.41, 5.74) is 0.185. The molecule has 0 unspecified atom stereocenters. The molecule has 1 N–H and O–H groups in total. The van der Waals surface area contributed by atoms with E-state index >= 15 is 0 Å². The van der Waals surface area contributed by atoms with E-state index in [2.05, 4.69) is 4.98 Å². The van der Waals surface area contributed by atoms with Gasteiger partial charge >= 0.3 is 12.4 Å². The number of alkyl halides is 6. The molecule has 1 amide bonds. The monoisotopic (exact) mass is 345 g/mol. The van der Waals surface area contributed by atoms with Gasteiger partial charge in [-0.15, -0.1) is 0 Å². The van der Waals surface area contributed by atoms with Crippen molar-refractivity contribution in [2.45, 2.75) is 31.6 Å². The van der Waals surface area contributed by atoms with Crippen LogP contribution in [0.5, 0.6) is 0 Å². The molecule has 0 saturated heterocycles. The molecule has 130 valence electrons. The van der Waals surface area contributed by atoms with Gasteiger partial charge in [0.15, 0.2) is 5.82 Å². The first-order valence-electron chi connectivity index (χ1n) is 6.33. The fourth-order valence-electron chi connectivity index (χ4n) is 1.74. The topological polar surface area (TPSA) is 64.0 Å². The maximum atomic E-state index is 12.2. The van der Waals surface area contributed by atoms with Gasteiger partial charge in [0, 0.05) is 26.2 Å². The SMILES string of the molecule is Cn1cc(CCNC(=O)CC(F)(F)F)nc1C(=O)CC(F)(F)F. The average Bonchev–Trinajstić information content (AvgIpc) is 2.65. The molecule has 23 heavy (non-hydrogen) atoms. The second kappa shape index (κ2) is 7.01. The summed E-state index contributed by atoms with van der Waals surface area (Å²) >= 11 is 0. The van der Waals surface area contributed by atoms with Crippen molar-refractivity contribution >= 4 is 11.7 Å². The summed E-state index contributed by atoms with van der Waals surface area (Å²) in [5.74, 6) is -2.84. The Morgan fingerprint density at radius 3 is 2.22 bits per heavy atom. The van der Waals surface area contributed by atoms with E-state index in [1.165, 1.54) is 13.2 Å². The fourth-order valence-corrected chi connectivity index (χ4v) is 1.74. The van der Waals surface area contributed by atoms with Crippen LogP contribution < -0.4 is 5.32 Å². The summed E-state index contributed by atoms with van der Waals surface area (Å²) in [7, 11) is 1.32. The highest BCUT2D eigenvalue weighted by molar-refractivity contribution is 5.93. The Balaban J connectivity index is 2.56. The van der Waals surface area contributed by atoms with Gasteiger partial charge in [-0.25, -0.2) is 4.98 Å². The Kier molecular flexibility index (Phi) is 5.78. The number of nitrogens with one attached hydrogen (secondary N) is 1. The van der Waals surface area contributed by atoms with Crippen LogP contribution in [0.4, 0.5) is 26.3 Å². The number of hydrogen-bond acceptors (Lipinski definition) is 3. The first-order valence-corrected chi connectivity index (χ1v) is 6.33. The molecule has 0 aliphatic carbocycles. The third kappa shape index (κ3) is 7.15. The molecular weight excluding hydrogens is 332 g/mol. The van der Waals surface area contributed by atoms with E-state index in [0.717, 1.165) is 4.57 Å². The largest absolute Gasteiger partial charge is 0.397 e. The molecule has 5 nitrogen and oxygen atoms in total. The highest BCUT2D eigenvalue weighted by Crippen LogP contribution is 2.22. The van der Waals surface area contributed by atoms with E-state index in [1.807, 2.05) is 5.32 Å². The van der Waals surface area contributed by atoms with Crippen molar-refractivity contribution in [2.75, 3.05) is 6.54 Å². The van der Waals surface area contributed by atoms with Crippen LogP contribution in [0.25, 0.3) is 0 Å². The van der Waals surface area contributed by atoms with Crippen LogP contribution in [0.3, 0.4) is 0 Å². The zero-order valence-electron chi connectivity index (χ0n) is 11.9. The van der Waals surface area contributed by atoms with Crippen LogP contribution in [-0.2, 0) is 18.3 Å². The minimum atomic E-state index is -4.66. The van der Waals surface area contributed by atoms with E-state index in [9.17, 15) is 35.9 Å². The number of carbonyl (C=O) groups is 2. The van der Waals surface area contributed by atoms with Gasteiger partial charge in [-0.2, -0.15) is 26.3 Å². The molecule has 0 radical (unpaired) electrons. The van der Waals surface area contributed by atoms with E-state index in [1.54, 1.807) is 0 Å². The number of rotatable bonds is 6. The highest BCUT2D eigenvalue weighted by Gasteiger charge is 2.33. The predicted molar refractivity (Wildman–Crippen MR) is 65.6 cm³/mol. The number of imidazole rings is 1. The molecule has 1 aromatic heterocycles. The summed E-state index contributed by atoms with van der Waals surface area (Å²) in [6.45, 7) is -0.182. The first-order chi connectivity index (χ1) is 10.4. The van der Waals surface area contributed by atoms with Gasteiger partial charge in [0.1, 0.15) is 12.8 Å². The van der Waals surface area contributed by atoms with Gasteiger partial charge in [-0.3, -0.25) is 9.59 Å². The molecule has 0 bridgehead atoms. The Labute approximate surface area is 126 Å². The zero-order valence-corrected chi connectivity index (χ0v) is 11.9. The number of hydrogen-bond donors (Lipinski definition) is 1. The quantitative estimate of drug-likeness (QED) is 0.635. The van der Waals surface area contributed by atoms with Gasteiger partial charge in [0.25, 0.3) is 0 Å². The van der Waals surface area contributed by atoms with Crippen molar-refractivity contribution in [3.05, 3.63) is 17.7 Å². The summed E-state index contributed by atoms with van der Waals surface area (Å²) < 4.78 is 73.4. The lowest BCUT2D eigenvalue weighted by Crippen LogP contribution is -2.30. The van der Waals surface area contributed by atoms with E-state index in [4.69, 9.17) is 0 Å². The number of halogens is 6. The molecule has 1 heterocycles. The van der Waals surface area contributed by atoms with Crippen LogP contribution >= 0.6 is 0 Å². The van der Waals surface area contributed by atoms with Crippen molar-refractivity contribution < 1.29 is 35.9 Å². The molecule has 0 spiro atoms. The molecule has 0 atom stereocenters. The summed E-state index contributed by atoms with van der Waals surface area (Å²) in [5, 5.41) is 2.01. The second-order valence-corrected chi connectivity index (χ2v) is 4.77. The minimum absolute atomic E-state index is 0.0171. The lowest BCUT2D eigenvalue weighted by molar-refractivity contribution is -0.153. The van der Waals surface area contributed by atoms with Gasteiger partial charge in [-0.05, 0) is 0 Å². The number of aryl methyl sites for hydroxylation is 1. The van der Waals surface area contributed by atoms with Crippen LogP contribution in [-0.4, -0.2) is 40.1 Å². The second-order valence-electron chi connectivity index (χ2n) is 4.77. The molecular formula is C12H13F6N3O2. The van der Waals surface area contributed by atoms with Crippen LogP contribution in [0, 0.1) is 0 Å². The number of ketones is 1. The normalized spacial score (nSPS) is 12.3.